The van der Waals surface area contributed by atoms with E-state index in [-0.39, 0.29) is 11.9 Å². The first kappa shape index (κ1) is 18.2. The van der Waals surface area contributed by atoms with Gasteiger partial charge in [-0.15, -0.1) is 0 Å². The van der Waals surface area contributed by atoms with E-state index in [1.54, 1.807) is 30.3 Å². The highest BCUT2D eigenvalue weighted by molar-refractivity contribution is 6.05. The number of rotatable bonds is 5. The Balaban J connectivity index is 1.64. The highest BCUT2D eigenvalue weighted by Crippen LogP contribution is 2.20. The fourth-order valence-electron chi connectivity index (χ4n) is 2.64. The van der Waals surface area contributed by atoms with Crippen LogP contribution in [0, 0.1) is 6.92 Å². The highest BCUT2D eigenvalue weighted by atomic mass is 16.5. The Morgan fingerprint density at radius 1 is 0.778 bits per heavy atom. The maximum Gasteiger partial charge on any atom is 0.337 e. The van der Waals surface area contributed by atoms with Gasteiger partial charge < -0.3 is 15.4 Å². The van der Waals surface area contributed by atoms with E-state index in [2.05, 4.69) is 15.4 Å². The van der Waals surface area contributed by atoms with Crippen LogP contribution < -0.4 is 10.6 Å². The Labute approximate surface area is 158 Å². The number of amides is 1. The third-order valence-electron chi connectivity index (χ3n) is 4.13. The van der Waals surface area contributed by atoms with Crippen molar-refractivity contribution < 1.29 is 14.3 Å². The third-order valence-corrected chi connectivity index (χ3v) is 4.13. The number of carbonyl (C=O) groups is 2. The van der Waals surface area contributed by atoms with Crippen molar-refractivity contribution in [2.75, 3.05) is 17.7 Å². The van der Waals surface area contributed by atoms with E-state index in [0.717, 1.165) is 22.6 Å². The van der Waals surface area contributed by atoms with Crippen molar-refractivity contribution in [3.63, 3.8) is 0 Å². The molecule has 5 heteroatoms. The van der Waals surface area contributed by atoms with E-state index in [9.17, 15) is 9.59 Å². The van der Waals surface area contributed by atoms with Crippen LogP contribution >= 0.6 is 0 Å². The minimum absolute atomic E-state index is 0.132. The van der Waals surface area contributed by atoms with Gasteiger partial charge in [-0.2, -0.15) is 0 Å². The number of esters is 1. The number of methoxy groups -OCH3 is 1. The van der Waals surface area contributed by atoms with Crippen molar-refractivity contribution >= 4 is 28.9 Å². The van der Waals surface area contributed by atoms with E-state index in [1.807, 2.05) is 49.4 Å². The Morgan fingerprint density at radius 2 is 1.33 bits per heavy atom. The molecule has 3 rings (SSSR count). The van der Waals surface area contributed by atoms with E-state index in [0.29, 0.717) is 11.1 Å². The summed E-state index contributed by atoms with van der Waals surface area (Å²) in [6.07, 6.45) is 0. The maximum absolute atomic E-state index is 12.4. The molecule has 3 aromatic rings. The molecule has 0 radical (unpaired) electrons. The summed E-state index contributed by atoms with van der Waals surface area (Å²) >= 11 is 0. The molecule has 0 saturated heterocycles. The summed E-state index contributed by atoms with van der Waals surface area (Å²) in [5, 5.41) is 6.14. The van der Waals surface area contributed by atoms with Crippen LogP contribution in [0.5, 0.6) is 0 Å². The average molecular weight is 360 g/mol. The standard InChI is InChI=1S/C22H20N2O3/c1-15-5-3-4-6-20(15)21(25)24-19-13-11-18(12-14-19)23-17-9-7-16(8-10-17)22(26)27-2/h3-14,23H,1-2H3,(H,24,25). The number of hydrogen-bond acceptors (Lipinski definition) is 4. The molecule has 3 aromatic carbocycles. The number of ether oxygens (including phenoxy) is 1. The molecule has 0 spiro atoms. The number of nitrogens with one attached hydrogen (secondary N) is 2. The molecule has 0 aliphatic heterocycles. The third kappa shape index (κ3) is 4.52. The van der Waals surface area contributed by atoms with Crippen molar-refractivity contribution in [3.05, 3.63) is 89.5 Å². The zero-order chi connectivity index (χ0) is 19.2. The molecule has 0 aromatic heterocycles. The molecule has 0 heterocycles. The number of carbonyl (C=O) groups excluding carboxylic acids is 2. The fourth-order valence-corrected chi connectivity index (χ4v) is 2.64. The van der Waals surface area contributed by atoms with E-state index < -0.39 is 0 Å². The lowest BCUT2D eigenvalue weighted by molar-refractivity contribution is 0.0600. The Hall–Kier alpha value is -3.60. The normalized spacial score (nSPS) is 10.1. The van der Waals surface area contributed by atoms with Gasteiger partial charge >= 0.3 is 5.97 Å². The lowest BCUT2D eigenvalue weighted by Crippen LogP contribution is -2.13. The van der Waals surface area contributed by atoms with Crippen molar-refractivity contribution in [1.82, 2.24) is 0 Å². The van der Waals surface area contributed by atoms with Crippen LogP contribution in [0.25, 0.3) is 0 Å². The molecule has 5 nitrogen and oxygen atoms in total. The molecule has 136 valence electrons. The molecular formula is C22H20N2O3. The molecule has 0 fully saturated rings. The molecule has 27 heavy (non-hydrogen) atoms. The van der Waals surface area contributed by atoms with Crippen LogP contribution in [-0.2, 0) is 4.74 Å². The smallest absolute Gasteiger partial charge is 0.337 e. The molecular weight excluding hydrogens is 340 g/mol. The first-order valence-electron chi connectivity index (χ1n) is 8.49. The minimum Gasteiger partial charge on any atom is -0.465 e. The summed E-state index contributed by atoms with van der Waals surface area (Å²) in [4.78, 5) is 23.8. The monoisotopic (exact) mass is 360 g/mol. The first-order chi connectivity index (χ1) is 13.1. The summed E-state index contributed by atoms with van der Waals surface area (Å²) < 4.78 is 4.68. The lowest BCUT2D eigenvalue weighted by Gasteiger charge is -2.10. The van der Waals surface area contributed by atoms with E-state index in [1.165, 1.54) is 7.11 Å². The van der Waals surface area contributed by atoms with Crippen LogP contribution in [0.15, 0.2) is 72.8 Å². The van der Waals surface area contributed by atoms with Gasteiger partial charge in [-0.1, -0.05) is 18.2 Å². The number of anilines is 3. The Bertz CT molecular complexity index is 948. The average Bonchev–Trinajstić information content (AvgIpc) is 2.69. The summed E-state index contributed by atoms with van der Waals surface area (Å²) in [5.74, 6) is -0.498. The van der Waals surface area contributed by atoms with Gasteiger partial charge in [0.15, 0.2) is 0 Å². The van der Waals surface area contributed by atoms with Crippen LogP contribution in [0.1, 0.15) is 26.3 Å². The maximum atomic E-state index is 12.4. The van der Waals surface area contributed by atoms with Gasteiger partial charge in [0.1, 0.15) is 0 Å². The summed E-state index contributed by atoms with van der Waals surface area (Å²) in [5.41, 5.74) is 4.52. The van der Waals surface area contributed by atoms with Gasteiger partial charge in [-0.3, -0.25) is 4.79 Å². The summed E-state index contributed by atoms with van der Waals surface area (Å²) in [6, 6.07) is 21.9. The van der Waals surface area contributed by atoms with Crippen molar-refractivity contribution in [2.24, 2.45) is 0 Å². The predicted octanol–water partition coefficient (Wildman–Crippen LogP) is 4.78. The topological polar surface area (TPSA) is 67.4 Å². The van der Waals surface area contributed by atoms with Crippen LogP contribution in [0.4, 0.5) is 17.1 Å². The second-order valence-corrected chi connectivity index (χ2v) is 6.04. The Morgan fingerprint density at radius 3 is 1.93 bits per heavy atom. The second kappa shape index (κ2) is 8.19. The van der Waals surface area contributed by atoms with Crippen LogP contribution in [0.2, 0.25) is 0 Å². The zero-order valence-corrected chi connectivity index (χ0v) is 15.2. The zero-order valence-electron chi connectivity index (χ0n) is 15.2. The van der Waals surface area contributed by atoms with Crippen molar-refractivity contribution in [2.45, 2.75) is 6.92 Å². The van der Waals surface area contributed by atoms with Gasteiger partial charge in [0, 0.05) is 22.6 Å². The lowest BCUT2D eigenvalue weighted by atomic mass is 10.1. The SMILES string of the molecule is COC(=O)c1ccc(Nc2ccc(NC(=O)c3ccccc3C)cc2)cc1. The predicted molar refractivity (Wildman–Crippen MR) is 107 cm³/mol. The van der Waals surface area contributed by atoms with Gasteiger partial charge in [0.25, 0.3) is 5.91 Å². The molecule has 0 unspecified atom stereocenters. The fraction of sp³-hybridized carbons (Fsp3) is 0.0909. The number of aryl methyl sites for hydroxylation is 1. The van der Waals surface area contributed by atoms with Crippen LogP contribution in [0.3, 0.4) is 0 Å². The first-order valence-corrected chi connectivity index (χ1v) is 8.49. The second-order valence-electron chi connectivity index (χ2n) is 6.04. The molecule has 0 saturated carbocycles. The van der Waals surface area contributed by atoms with E-state index >= 15 is 0 Å². The minimum atomic E-state index is -0.365. The van der Waals surface area contributed by atoms with Gasteiger partial charge in [0.05, 0.1) is 12.7 Å². The molecule has 1 amide bonds. The van der Waals surface area contributed by atoms with Gasteiger partial charge in [0.2, 0.25) is 0 Å². The summed E-state index contributed by atoms with van der Waals surface area (Å²) in [6.45, 7) is 1.91. The highest BCUT2D eigenvalue weighted by Gasteiger charge is 2.08. The van der Waals surface area contributed by atoms with Gasteiger partial charge in [-0.25, -0.2) is 4.79 Å². The quantitative estimate of drug-likeness (QED) is 0.643. The van der Waals surface area contributed by atoms with Gasteiger partial charge in [-0.05, 0) is 67.1 Å². The van der Waals surface area contributed by atoms with Crippen molar-refractivity contribution in [3.8, 4) is 0 Å². The molecule has 0 aliphatic carbocycles. The van der Waals surface area contributed by atoms with E-state index in [4.69, 9.17) is 0 Å². The molecule has 0 bridgehead atoms. The summed E-state index contributed by atoms with van der Waals surface area (Å²) in [7, 11) is 1.36. The molecule has 2 N–H and O–H groups in total. The van der Waals surface area contributed by atoms with Crippen LogP contribution in [-0.4, -0.2) is 19.0 Å². The molecule has 0 aliphatic rings. The number of hydrogen-bond donors (Lipinski definition) is 2. The largest absolute Gasteiger partial charge is 0.465 e. The Kier molecular flexibility index (Phi) is 5.52. The molecule has 0 atom stereocenters. The number of benzene rings is 3. The van der Waals surface area contributed by atoms with Crippen molar-refractivity contribution in [1.29, 1.82) is 0 Å².